The number of rotatable bonds is 5. The summed E-state index contributed by atoms with van der Waals surface area (Å²) in [6, 6.07) is 4.19. The molecule has 1 aliphatic heterocycles. The summed E-state index contributed by atoms with van der Waals surface area (Å²) in [5.74, 6) is 0.521. The maximum absolute atomic E-state index is 4.77. The van der Waals surface area contributed by atoms with Gasteiger partial charge in [-0.25, -0.2) is 0 Å². The van der Waals surface area contributed by atoms with E-state index >= 15 is 0 Å². The lowest BCUT2D eigenvalue weighted by Crippen LogP contribution is -2.46. The van der Waals surface area contributed by atoms with Gasteiger partial charge in [0.1, 0.15) is 0 Å². The van der Waals surface area contributed by atoms with Gasteiger partial charge in [0.25, 0.3) is 0 Å². The maximum Gasteiger partial charge on any atom is 0.0699 e. The first-order valence-electron chi connectivity index (χ1n) is 11.0. The summed E-state index contributed by atoms with van der Waals surface area (Å²) in [7, 11) is 0. The van der Waals surface area contributed by atoms with E-state index in [4.69, 9.17) is 4.98 Å². The number of hydrogen-bond acceptors (Lipinski definition) is 3. The molecule has 2 heterocycles. The van der Waals surface area contributed by atoms with Crippen molar-refractivity contribution >= 4 is 12.7 Å². The molecule has 1 fully saturated rings. The van der Waals surface area contributed by atoms with Crippen LogP contribution in [0.1, 0.15) is 33.4 Å². The molecule has 3 heteroatoms. The molecule has 0 amide bonds. The highest BCUT2D eigenvalue weighted by Gasteiger charge is 2.17. The maximum atomic E-state index is 4.77. The van der Waals surface area contributed by atoms with Crippen molar-refractivity contribution in [1.82, 2.24) is 14.8 Å². The highest BCUT2D eigenvalue weighted by Crippen LogP contribution is 2.16. The van der Waals surface area contributed by atoms with Crippen LogP contribution in [0.2, 0.25) is 0 Å². The van der Waals surface area contributed by atoms with Gasteiger partial charge < -0.3 is 4.90 Å². The molecule has 1 aromatic heterocycles. The van der Waals surface area contributed by atoms with Gasteiger partial charge in [-0.2, -0.15) is 0 Å². The number of nitrogens with zero attached hydrogens (tertiary/aromatic N) is 3. The minimum Gasteiger partial charge on any atom is -0.369 e. The number of aromatic nitrogens is 1. The Bertz CT molecular complexity index is 852. The van der Waals surface area contributed by atoms with Crippen molar-refractivity contribution in [2.24, 2.45) is 5.92 Å². The van der Waals surface area contributed by atoms with Gasteiger partial charge in [-0.1, -0.05) is 63.8 Å². The molecule has 156 valence electrons. The molecule has 1 saturated heterocycles. The molecule has 0 spiro atoms. The monoisotopic (exact) mass is 391 g/mol. The minimum absolute atomic E-state index is 0.521. The van der Waals surface area contributed by atoms with Crippen LogP contribution in [0.15, 0.2) is 60.4 Å². The first-order chi connectivity index (χ1) is 14.2. The second-order valence-electron chi connectivity index (χ2n) is 7.31. The van der Waals surface area contributed by atoms with Gasteiger partial charge in [0.15, 0.2) is 0 Å². The van der Waals surface area contributed by atoms with E-state index in [0.29, 0.717) is 5.92 Å². The van der Waals surface area contributed by atoms with Crippen molar-refractivity contribution in [2.45, 2.75) is 34.1 Å². The Hall–Kier alpha value is -2.39. The average molecular weight is 392 g/mol. The fourth-order valence-corrected chi connectivity index (χ4v) is 3.43. The van der Waals surface area contributed by atoms with E-state index in [0.717, 1.165) is 55.4 Å². The number of allylic oxidation sites excluding steroid dienone is 7. The third kappa shape index (κ3) is 7.17. The van der Waals surface area contributed by atoms with Gasteiger partial charge in [-0.15, -0.1) is 0 Å². The van der Waals surface area contributed by atoms with Crippen LogP contribution in [0.5, 0.6) is 0 Å². The largest absolute Gasteiger partial charge is 0.369 e. The van der Waals surface area contributed by atoms with Gasteiger partial charge >= 0.3 is 0 Å². The van der Waals surface area contributed by atoms with Crippen molar-refractivity contribution in [2.75, 3.05) is 32.7 Å². The fraction of sp³-hybridized carbons (Fsp3) is 0.423. The summed E-state index contributed by atoms with van der Waals surface area (Å²) in [5, 5.41) is 1.96. The van der Waals surface area contributed by atoms with Gasteiger partial charge in [-0.3, -0.25) is 9.88 Å². The summed E-state index contributed by atoms with van der Waals surface area (Å²) in [6.45, 7) is 17.8. The van der Waals surface area contributed by atoms with E-state index in [1.165, 1.54) is 5.70 Å². The third-order valence-corrected chi connectivity index (χ3v) is 5.19. The molecule has 3 nitrogen and oxygen atoms in total. The van der Waals surface area contributed by atoms with Crippen molar-refractivity contribution in [1.29, 1.82) is 0 Å². The predicted molar refractivity (Wildman–Crippen MR) is 127 cm³/mol. The topological polar surface area (TPSA) is 19.4 Å². The molecule has 1 aromatic rings. The zero-order chi connectivity index (χ0) is 21.1. The SMILES string of the molecule is C=c1ccc(CCN2CCN(C3=CC=CC(C)C=C3)CC2)n/c1=C/C=C\C.CC. The van der Waals surface area contributed by atoms with Crippen LogP contribution in [-0.4, -0.2) is 47.5 Å². The molecule has 29 heavy (non-hydrogen) atoms. The first-order valence-corrected chi connectivity index (χ1v) is 11.0. The second-order valence-corrected chi connectivity index (χ2v) is 7.31. The van der Waals surface area contributed by atoms with Gasteiger partial charge in [0.2, 0.25) is 0 Å². The van der Waals surface area contributed by atoms with E-state index in [-0.39, 0.29) is 0 Å². The molecule has 0 aromatic carbocycles. The van der Waals surface area contributed by atoms with Crippen LogP contribution in [0, 0.1) is 5.92 Å². The van der Waals surface area contributed by atoms with Gasteiger partial charge in [-0.05, 0) is 42.4 Å². The Morgan fingerprint density at radius 2 is 1.90 bits per heavy atom. The van der Waals surface area contributed by atoms with Crippen LogP contribution in [0.3, 0.4) is 0 Å². The predicted octanol–water partition coefficient (Wildman–Crippen LogP) is 3.68. The Kier molecular flexibility index (Phi) is 9.66. The molecule has 0 saturated carbocycles. The molecule has 2 aliphatic rings. The molecule has 0 bridgehead atoms. The molecule has 1 atom stereocenters. The van der Waals surface area contributed by atoms with Crippen molar-refractivity contribution in [3.05, 3.63) is 76.6 Å². The standard InChI is InChI=1S/C24H31N3.C2H6/c1-4-5-9-24-21(3)11-12-22(25-24)14-15-26-16-18-27(19-17-26)23-8-6-7-20(2)10-13-23;1-2/h4-13,20H,3,14-19H2,1-2H3;1-2H3/b5-4-,24-9+;. The van der Waals surface area contributed by atoms with E-state index < -0.39 is 0 Å². The lowest BCUT2D eigenvalue weighted by atomic mass is 10.1. The summed E-state index contributed by atoms with van der Waals surface area (Å²) < 4.78 is 0. The smallest absolute Gasteiger partial charge is 0.0699 e. The average Bonchev–Trinajstić information content (AvgIpc) is 2.98. The lowest BCUT2D eigenvalue weighted by molar-refractivity contribution is 0.163. The Labute approximate surface area is 177 Å². The zero-order valence-corrected chi connectivity index (χ0v) is 18.6. The van der Waals surface area contributed by atoms with E-state index in [2.05, 4.69) is 65.8 Å². The van der Waals surface area contributed by atoms with Crippen molar-refractivity contribution < 1.29 is 0 Å². The summed E-state index contributed by atoms with van der Waals surface area (Å²) >= 11 is 0. The van der Waals surface area contributed by atoms with E-state index in [1.807, 2.05) is 39.0 Å². The molecule has 0 N–H and O–H groups in total. The van der Waals surface area contributed by atoms with Crippen LogP contribution in [0.25, 0.3) is 12.7 Å². The fourth-order valence-electron chi connectivity index (χ4n) is 3.43. The molecular weight excluding hydrogens is 354 g/mol. The molecule has 0 radical (unpaired) electrons. The molecule has 3 rings (SSSR count). The van der Waals surface area contributed by atoms with E-state index in [9.17, 15) is 0 Å². The molecule has 1 aliphatic carbocycles. The minimum atomic E-state index is 0.521. The lowest BCUT2D eigenvalue weighted by Gasteiger charge is -2.36. The summed E-state index contributed by atoms with van der Waals surface area (Å²) in [5.41, 5.74) is 2.49. The zero-order valence-electron chi connectivity index (χ0n) is 18.6. The highest BCUT2D eigenvalue weighted by atomic mass is 15.3. The first kappa shape index (κ1) is 22.9. The highest BCUT2D eigenvalue weighted by molar-refractivity contribution is 5.35. The molecular formula is C26H37N3. The second kappa shape index (κ2) is 12.2. The van der Waals surface area contributed by atoms with Crippen LogP contribution < -0.4 is 10.6 Å². The Morgan fingerprint density at radius 1 is 1.14 bits per heavy atom. The quantitative estimate of drug-likeness (QED) is 0.763. The van der Waals surface area contributed by atoms with Gasteiger partial charge in [0, 0.05) is 50.5 Å². The van der Waals surface area contributed by atoms with Crippen LogP contribution in [-0.2, 0) is 6.42 Å². The number of pyridine rings is 1. The number of piperazine rings is 1. The van der Waals surface area contributed by atoms with Crippen molar-refractivity contribution in [3.63, 3.8) is 0 Å². The van der Waals surface area contributed by atoms with E-state index in [1.54, 1.807) is 0 Å². The Morgan fingerprint density at radius 3 is 2.62 bits per heavy atom. The van der Waals surface area contributed by atoms with Crippen LogP contribution >= 0.6 is 0 Å². The van der Waals surface area contributed by atoms with Crippen molar-refractivity contribution in [3.8, 4) is 0 Å². The Balaban J connectivity index is 0.00000145. The number of hydrogen-bond donors (Lipinski definition) is 0. The summed E-state index contributed by atoms with van der Waals surface area (Å²) in [4.78, 5) is 9.81. The summed E-state index contributed by atoms with van der Waals surface area (Å²) in [6.07, 6.45) is 18.3. The van der Waals surface area contributed by atoms with Crippen LogP contribution in [0.4, 0.5) is 0 Å². The molecule has 1 unspecified atom stereocenters. The normalized spacial score (nSPS) is 20.4. The van der Waals surface area contributed by atoms with Gasteiger partial charge in [0.05, 0.1) is 5.35 Å². The third-order valence-electron chi connectivity index (χ3n) is 5.19.